The summed E-state index contributed by atoms with van der Waals surface area (Å²) >= 11 is 0. The van der Waals surface area contributed by atoms with E-state index in [1.54, 1.807) is 0 Å². The van der Waals surface area contributed by atoms with E-state index >= 15 is 0 Å². The van der Waals surface area contributed by atoms with Gasteiger partial charge in [-0.1, -0.05) is 18.4 Å². The van der Waals surface area contributed by atoms with E-state index < -0.39 is 0 Å². The average Bonchev–Trinajstić information content (AvgIpc) is 2.16. The van der Waals surface area contributed by atoms with Crippen LogP contribution in [0.3, 0.4) is 0 Å². The molecule has 14 heavy (non-hydrogen) atoms. The van der Waals surface area contributed by atoms with Crippen molar-refractivity contribution in [1.82, 2.24) is 0 Å². The zero-order valence-electron chi connectivity index (χ0n) is 8.29. The lowest BCUT2D eigenvalue weighted by atomic mass is 9.85. The summed E-state index contributed by atoms with van der Waals surface area (Å²) in [6.45, 7) is 1.09. The Balaban J connectivity index is 1.91. The molecule has 0 unspecified atom stereocenters. The third kappa shape index (κ3) is 2.09. The molecular formula is C13H15N. The highest BCUT2D eigenvalue weighted by Gasteiger charge is 2.16. The predicted octanol–water partition coefficient (Wildman–Crippen LogP) is 2.88. The second-order valence-corrected chi connectivity index (χ2v) is 3.90. The third-order valence-corrected chi connectivity index (χ3v) is 2.85. The molecule has 1 heteroatoms. The number of nitrogens with one attached hydrogen (secondary N) is 1. The lowest BCUT2D eigenvalue weighted by Gasteiger charge is -2.25. The molecule has 1 fully saturated rings. The molecule has 1 aromatic carbocycles. The van der Waals surface area contributed by atoms with Crippen molar-refractivity contribution in [2.24, 2.45) is 5.92 Å². The molecule has 1 aliphatic carbocycles. The molecule has 2 rings (SSSR count). The first-order valence-corrected chi connectivity index (χ1v) is 5.19. The van der Waals surface area contributed by atoms with Crippen LogP contribution in [0.15, 0.2) is 24.3 Å². The standard InChI is InChI=1S/C13H15N/c1-2-11-5-4-8-13(9-11)14-10-12-6-3-7-12/h1,4-5,8-9,12,14H,3,6-7,10H2. The Morgan fingerprint density at radius 1 is 1.43 bits per heavy atom. The van der Waals surface area contributed by atoms with Crippen LogP contribution in [0.5, 0.6) is 0 Å². The van der Waals surface area contributed by atoms with Crippen molar-refractivity contribution in [3.8, 4) is 12.3 Å². The first-order chi connectivity index (χ1) is 6.88. The van der Waals surface area contributed by atoms with Gasteiger partial charge in [-0.3, -0.25) is 0 Å². The predicted molar refractivity (Wildman–Crippen MR) is 60.2 cm³/mol. The van der Waals surface area contributed by atoms with Gasteiger partial charge in [0.1, 0.15) is 0 Å². The molecule has 0 heterocycles. The van der Waals surface area contributed by atoms with Gasteiger partial charge in [-0.15, -0.1) is 6.42 Å². The molecule has 0 amide bonds. The second-order valence-electron chi connectivity index (χ2n) is 3.90. The van der Waals surface area contributed by atoms with Gasteiger partial charge in [0.2, 0.25) is 0 Å². The van der Waals surface area contributed by atoms with Crippen molar-refractivity contribution in [2.75, 3.05) is 11.9 Å². The molecule has 1 aromatic rings. The van der Waals surface area contributed by atoms with E-state index in [0.717, 1.165) is 23.7 Å². The second kappa shape index (κ2) is 4.19. The van der Waals surface area contributed by atoms with Crippen LogP contribution in [0.4, 0.5) is 5.69 Å². The van der Waals surface area contributed by atoms with Crippen LogP contribution < -0.4 is 5.32 Å². The largest absolute Gasteiger partial charge is 0.385 e. The van der Waals surface area contributed by atoms with Crippen molar-refractivity contribution < 1.29 is 0 Å². The highest BCUT2D eigenvalue weighted by molar-refractivity contribution is 5.49. The Labute approximate surface area is 85.5 Å². The Hall–Kier alpha value is -1.42. The van der Waals surface area contributed by atoms with Crippen LogP contribution in [0.25, 0.3) is 0 Å². The van der Waals surface area contributed by atoms with Crippen LogP contribution in [0.1, 0.15) is 24.8 Å². The fourth-order valence-corrected chi connectivity index (χ4v) is 1.68. The highest BCUT2D eigenvalue weighted by Crippen LogP contribution is 2.26. The topological polar surface area (TPSA) is 12.0 Å². The third-order valence-electron chi connectivity index (χ3n) is 2.85. The maximum absolute atomic E-state index is 5.33. The van der Waals surface area contributed by atoms with E-state index in [9.17, 15) is 0 Å². The number of rotatable bonds is 3. The smallest absolute Gasteiger partial charge is 0.0352 e. The van der Waals surface area contributed by atoms with E-state index in [4.69, 9.17) is 6.42 Å². The minimum atomic E-state index is 0.879. The zero-order valence-corrected chi connectivity index (χ0v) is 8.29. The van der Waals surface area contributed by atoms with Crippen LogP contribution in [-0.4, -0.2) is 6.54 Å². The number of anilines is 1. The highest BCUT2D eigenvalue weighted by atomic mass is 14.9. The molecule has 1 nitrogen and oxygen atoms in total. The van der Waals surface area contributed by atoms with Crippen molar-refractivity contribution in [1.29, 1.82) is 0 Å². The first-order valence-electron chi connectivity index (χ1n) is 5.19. The Kier molecular flexibility index (Phi) is 2.74. The van der Waals surface area contributed by atoms with Gasteiger partial charge < -0.3 is 5.32 Å². The van der Waals surface area contributed by atoms with E-state index in [-0.39, 0.29) is 0 Å². The van der Waals surface area contributed by atoms with Gasteiger partial charge in [0.05, 0.1) is 0 Å². The summed E-state index contributed by atoms with van der Waals surface area (Å²) in [5, 5.41) is 3.43. The summed E-state index contributed by atoms with van der Waals surface area (Å²) in [4.78, 5) is 0. The minimum absolute atomic E-state index is 0.879. The van der Waals surface area contributed by atoms with Gasteiger partial charge in [0, 0.05) is 17.8 Å². The van der Waals surface area contributed by atoms with Gasteiger partial charge >= 0.3 is 0 Å². The molecule has 0 atom stereocenters. The van der Waals surface area contributed by atoms with E-state index in [0.29, 0.717) is 0 Å². The summed E-state index contributed by atoms with van der Waals surface area (Å²) in [6, 6.07) is 8.05. The zero-order chi connectivity index (χ0) is 9.80. The molecule has 0 saturated heterocycles. The molecule has 1 N–H and O–H groups in total. The molecule has 0 aromatic heterocycles. The molecule has 0 bridgehead atoms. The van der Waals surface area contributed by atoms with Crippen LogP contribution in [0.2, 0.25) is 0 Å². The first kappa shape index (κ1) is 9.15. The van der Waals surface area contributed by atoms with Gasteiger partial charge in [0.15, 0.2) is 0 Å². The Morgan fingerprint density at radius 3 is 2.93 bits per heavy atom. The maximum atomic E-state index is 5.33. The normalized spacial score (nSPS) is 15.6. The molecule has 1 saturated carbocycles. The molecule has 0 spiro atoms. The number of hydrogen-bond acceptors (Lipinski definition) is 1. The van der Waals surface area contributed by atoms with Crippen LogP contribution in [0, 0.1) is 18.3 Å². The van der Waals surface area contributed by atoms with Crippen molar-refractivity contribution in [3.63, 3.8) is 0 Å². The monoisotopic (exact) mass is 185 g/mol. The fraction of sp³-hybridized carbons (Fsp3) is 0.385. The number of benzene rings is 1. The summed E-state index contributed by atoms with van der Waals surface area (Å²) < 4.78 is 0. The molecule has 1 aliphatic rings. The Morgan fingerprint density at radius 2 is 2.29 bits per heavy atom. The lowest BCUT2D eigenvalue weighted by molar-refractivity contribution is 0.333. The maximum Gasteiger partial charge on any atom is 0.0352 e. The van der Waals surface area contributed by atoms with Crippen molar-refractivity contribution >= 4 is 5.69 Å². The molecular weight excluding hydrogens is 170 g/mol. The average molecular weight is 185 g/mol. The molecule has 72 valence electrons. The van der Waals surface area contributed by atoms with Gasteiger partial charge in [0.25, 0.3) is 0 Å². The van der Waals surface area contributed by atoms with E-state index in [2.05, 4.69) is 17.3 Å². The SMILES string of the molecule is C#Cc1cccc(NCC2CCC2)c1. The fourth-order valence-electron chi connectivity index (χ4n) is 1.68. The summed E-state index contributed by atoms with van der Waals surface area (Å²) in [7, 11) is 0. The molecule has 0 radical (unpaired) electrons. The number of hydrogen-bond donors (Lipinski definition) is 1. The Bertz CT molecular complexity index is 344. The summed E-state index contributed by atoms with van der Waals surface area (Å²) in [5.74, 6) is 3.52. The van der Waals surface area contributed by atoms with Gasteiger partial charge in [-0.2, -0.15) is 0 Å². The minimum Gasteiger partial charge on any atom is -0.385 e. The summed E-state index contributed by atoms with van der Waals surface area (Å²) in [5.41, 5.74) is 2.09. The van der Waals surface area contributed by atoms with E-state index in [1.807, 2.05) is 18.2 Å². The lowest BCUT2D eigenvalue weighted by Crippen LogP contribution is -2.20. The van der Waals surface area contributed by atoms with Crippen molar-refractivity contribution in [3.05, 3.63) is 29.8 Å². The van der Waals surface area contributed by atoms with Crippen molar-refractivity contribution in [2.45, 2.75) is 19.3 Å². The van der Waals surface area contributed by atoms with Crippen LogP contribution in [-0.2, 0) is 0 Å². The van der Waals surface area contributed by atoms with Gasteiger partial charge in [-0.05, 0) is 37.0 Å². The summed E-state index contributed by atoms with van der Waals surface area (Å²) in [6.07, 6.45) is 9.49. The van der Waals surface area contributed by atoms with E-state index in [1.165, 1.54) is 19.3 Å². The quantitative estimate of drug-likeness (QED) is 0.714. The number of terminal acetylenes is 1. The molecule has 0 aliphatic heterocycles. The van der Waals surface area contributed by atoms with Crippen LogP contribution >= 0.6 is 0 Å². The van der Waals surface area contributed by atoms with Gasteiger partial charge in [-0.25, -0.2) is 0 Å².